The zero-order valence-corrected chi connectivity index (χ0v) is 18.7. The second kappa shape index (κ2) is 9.70. The third kappa shape index (κ3) is 4.74. The van der Waals surface area contributed by atoms with Crippen LogP contribution < -0.4 is 25.5 Å². The molecule has 8 heteroatoms. The fourth-order valence-electron chi connectivity index (χ4n) is 3.56. The molecule has 0 saturated carbocycles. The number of methoxy groups -OCH3 is 3. The lowest BCUT2D eigenvalue weighted by Crippen LogP contribution is -2.40. The van der Waals surface area contributed by atoms with Gasteiger partial charge < -0.3 is 19.1 Å². The van der Waals surface area contributed by atoms with E-state index in [1.807, 2.05) is 38.4 Å². The van der Waals surface area contributed by atoms with Gasteiger partial charge in [0.2, 0.25) is 0 Å². The van der Waals surface area contributed by atoms with Gasteiger partial charge in [-0.05, 0) is 50.8 Å². The first-order chi connectivity index (χ1) is 14.9. The normalized spacial score (nSPS) is 11.2. The van der Waals surface area contributed by atoms with Gasteiger partial charge in [-0.1, -0.05) is 12.1 Å². The minimum Gasteiger partial charge on any atom is -0.497 e. The number of fused-ring (bicyclic) bond motifs is 1. The number of benzene rings is 2. The van der Waals surface area contributed by atoms with Crippen LogP contribution >= 0.6 is 0 Å². The topological polar surface area (TPSA) is 74.9 Å². The van der Waals surface area contributed by atoms with E-state index in [1.165, 1.54) is 18.8 Å². The van der Waals surface area contributed by atoms with E-state index in [0.29, 0.717) is 34.7 Å². The van der Waals surface area contributed by atoms with Crippen molar-refractivity contribution in [3.8, 4) is 17.2 Å². The van der Waals surface area contributed by atoms with Gasteiger partial charge in [0, 0.05) is 12.6 Å². The highest BCUT2D eigenvalue weighted by molar-refractivity contribution is 5.82. The first kappa shape index (κ1) is 22.4. The maximum absolute atomic E-state index is 13.4. The molecule has 166 valence electrons. The lowest BCUT2D eigenvalue weighted by Gasteiger charge is -2.17. The smallest absolute Gasteiger partial charge is 0.331 e. The first-order valence-electron chi connectivity index (χ1n) is 10.1. The highest BCUT2D eigenvalue weighted by Gasteiger charge is 2.17. The van der Waals surface area contributed by atoms with Crippen molar-refractivity contribution in [2.45, 2.75) is 19.5 Å². The number of hydrogen-bond acceptors (Lipinski definition) is 6. The van der Waals surface area contributed by atoms with E-state index in [0.717, 1.165) is 18.5 Å². The quantitative estimate of drug-likeness (QED) is 0.521. The molecule has 3 rings (SSSR count). The SMILES string of the molecule is COc1ccc(Cn2c(=O)c3cc(OC)c(OC)cc3n(CCCN(C)C)c2=O)cc1. The zero-order chi connectivity index (χ0) is 22.5. The predicted molar refractivity (Wildman–Crippen MR) is 121 cm³/mol. The molecular formula is C23H29N3O5. The second-order valence-electron chi connectivity index (χ2n) is 7.55. The zero-order valence-electron chi connectivity index (χ0n) is 18.7. The minimum atomic E-state index is -0.361. The Kier molecular flexibility index (Phi) is 7.02. The number of aryl methyl sites for hydroxylation is 1. The molecule has 0 fully saturated rings. The molecule has 0 amide bonds. The van der Waals surface area contributed by atoms with Crippen molar-refractivity contribution in [3.05, 3.63) is 62.8 Å². The molecular weight excluding hydrogens is 398 g/mol. The van der Waals surface area contributed by atoms with Crippen LogP contribution in [-0.2, 0) is 13.1 Å². The van der Waals surface area contributed by atoms with E-state index >= 15 is 0 Å². The van der Waals surface area contributed by atoms with Crippen LogP contribution in [0.3, 0.4) is 0 Å². The summed E-state index contributed by atoms with van der Waals surface area (Å²) in [6, 6.07) is 10.7. The standard InChI is InChI=1S/C23H29N3O5/c1-24(2)11-6-12-25-19-14-21(31-5)20(30-4)13-18(19)22(27)26(23(25)28)15-16-7-9-17(29-3)10-8-16/h7-10,13-14H,6,11-12,15H2,1-5H3. The summed E-state index contributed by atoms with van der Waals surface area (Å²) in [4.78, 5) is 28.7. The van der Waals surface area contributed by atoms with Gasteiger partial charge in [0.05, 0.1) is 38.8 Å². The van der Waals surface area contributed by atoms with Crippen molar-refractivity contribution in [1.82, 2.24) is 14.0 Å². The molecule has 0 unspecified atom stereocenters. The lowest BCUT2D eigenvalue weighted by molar-refractivity contribution is 0.355. The van der Waals surface area contributed by atoms with Gasteiger partial charge in [0.25, 0.3) is 5.56 Å². The Labute approximate surface area is 181 Å². The molecule has 0 atom stereocenters. The van der Waals surface area contributed by atoms with Gasteiger partial charge in [-0.3, -0.25) is 13.9 Å². The number of hydrogen-bond donors (Lipinski definition) is 0. The molecule has 2 aromatic carbocycles. The van der Waals surface area contributed by atoms with E-state index in [2.05, 4.69) is 4.90 Å². The third-order valence-corrected chi connectivity index (χ3v) is 5.22. The Balaban J connectivity index is 2.18. The lowest BCUT2D eigenvalue weighted by atomic mass is 10.2. The average Bonchev–Trinajstić information content (AvgIpc) is 2.78. The molecule has 1 heterocycles. The van der Waals surface area contributed by atoms with Gasteiger partial charge in [0.15, 0.2) is 11.5 Å². The van der Waals surface area contributed by atoms with Crippen LogP contribution in [0.4, 0.5) is 0 Å². The highest BCUT2D eigenvalue weighted by atomic mass is 16.5. The van der Waals surface area contributed by atoms with Crippen molar-refractivity contribution in [1.29, 1.82) is 0 Å². The Bertz CT molecular complexity index is 1160. The average molecular weight is 428 g/mol. The molecule has 0 saturated heterocycles. The van der Waals surface area contributed by atoms with Crippen molar-refractivity contribution in [2.75, 3.05) is 42.0 Å². The molecule has 0 N–H and O–H groups in total. The van der Waals surface area contributed by atoms with Crippen LogP contribution in [-0.4, -0.2) is 56.0 Å². The van der Waals surface area contributed by atoms with Gasteiger partial charge in [-0.15, -0.1) is 0 Å². The van der Waals surface area contributed by atoms with Crippen LogP contribution in [0.15, 0.2) is 46.0 Å². The second-order valence-corrected chi connectivity index (χ2v) is 7.55. The Morgan fingerprint density at radius 3 is 2.10 bits per heavy atom. The molecule has 0 radical (unpaired) electrons. The summed E-state index contributed by atoms with van der Waals surface area (Å²) in [5, 5.41) is 0.413. The van der Waals surface area contributed by atoms with E-state index in [4.69, 9.17) is 14.2 Å². The number of aromatic nitrogens is 2. The number of rotatable bonds is 9. The summed E-state index contributed by atoms with van der Waals surface area (Å²) in [6.45, 7) is 1.46. The Hall–Kier alpha value is -3.26. The summed E-state index contributed by atoms with van der Waals surface area (Å²) >= 11 is 0. The van der Waals surface area contributed by atoms with Gasteiger partial charge in [-0.25, -0.2) is 4.79 Å². The maximum atomic E-state index is 13.4. The van der Waals surface area contributed by atoms with Gasteiger partial charge >= 0.3 is 5.69 Å². The maximum Gasteiger partial charge on any atom is 0.331 e. The molecule has 3 aromatic rings. The van der Waals surface area contributed by atoms with Crippen LogP contribution in [0, 0.1) is 0 Å². The van der Waals surface area contributed by atoms with Crippen molar-refractivity contribution in [3.63, 3.8) is 0 Å². The first-order valence-corrected chi connectivity index (χ1v) is 10.1. The van der Waals surface area contributed by atoms with Gasteiger partial charge in [0.1, 0.15) is 5.75 Å². The Morgan fingerprint density at radius 1 is 0.871 bits per heavy atom. The third-order valence-electron chi connectivity index (χ3n) is 5.22. The van der Waals surface area contributed by atoms with E-state index in [1.54, 1.807) is 23.8 Å². The summed E-state index contributed by atoms with van der Waals surface area (Å²) in [5.41, 5.74) is 0.664. The van der Waals surface area contributed by atoms with Crippen molar-refractivity contribution < 1.29 is 14.2 Å². The van der Waals surface area contributed by atoms with Gasteiger partial charge in [-0.2, -0.15) is 0 Å². The molecule has 31 heavy (non-hydrogen) atoms. The summed E-state index contributed by atoms with van der Waals surface area (Å²) in [5.74, 6) is 1.64. The van der Waals surface area contributed by atoms with E-state index < -0.39 is 0 Å². The monoisotopic (exact) mass is 427 g/mol. The summed E-state index contributed by atoms with van der Waals surface area (Å²) < 4.78 is 18.9. The summed E-state index contributed by atoms with van der Waals surface area (Å²) in [7, 11) is 8.62. The fraction of sp³-hybridized carbons (Fsp3) is 0.391. The molecule has 8 nitrogen and oxygen atoms in total. The largest absolute Gasteiger partial charge is 0.497 e. The molecule has 0 aliphatic carbocycles. The van der Waals surface area contributed by atoms with Crippen LogP contribution in [0.5, 0.6) is 17.2 Å². The van der Waals surface area contributed by atoms with E-state index in [9.17, 15) is 9.59 Å². The van der Waals surface area contributed by atoms with Crippen molar-refractivity contribution in [2.24, 2.45) is 0 Å². The van der Waals surface area contributed by atoms with Crippen LogP contribution in [0.1, 0.15) is 12.0 Å². The number of ether oxygens (including phenoxy) is 3. The summed E-state index contributed by atoms with van der Waals surface area (Å²) in [6.07, 6.45) is 0.761. The highest BCUT2D eigenvalue weighted by Crippen LogP contribution is 2.30. The van der Waals surface area contributed by atoms with Crippen LogP contribution in [0.25, 0.3) is 10.9 Å². The molecule has 0 bridgehead atoms. The fourth-order valence-corrected chi connectivity index (χ4v) is 3.56. The minimum absolute atomic E-state index is 0.166. The molecule has 0 aliphatic heterocycles. The number of nitrogens with zero attached hydrogens (tertiary/aromatic N) is 3. The Morgan fingerprint density at radius 2 is 1.52 bits per heavy atom. The van der Waals surface area contributed by atoms with Crippen LogP contribution in [0.2, 0.25) is 0 Å². The predicted octanol–water partition coefficient (Wildman–Crippen LogP) is 2.19. The molecule has 0 spiro atoms. The van der Waals surface area contributed by atoms with Crippen molar-refractivity contribution >= 4 is 10.9 Å². The van der Waals surface area contributed by atoms with E-state index in [-0.39, 0.29) is 17.8 Å². The molecule has 0 aliphatic rings. The molecule has 1 aromatic heterocycles.